The molecule has 0 aliphatic heterocycles. The first-order valence-electron chi connectivity index (χ1n) is 6.03. The van der Waals surface area contributed by atoms with Crippen molar-refractivity contribution >= 4 is 32.1 Å². The van der Waals surface area contributed by atoms with Gasteiger partial charge in [-0.1, -0.05) is 6.07 Å². The minimum Gasteiger partial charge on any atom is -0.387 e. The Hall–Kier alpha value is -1.23. The van der Waals surface area contributed by atoms with Gasteiger partial charge in [0, 0.05) is 20.7 Å². The third kappa shape index (κ3) is 2.56. The van der Waals surface area contributed by atoms with Crippen LogP contribution in [0.2, 0.25) is 0 Å². The molecule has 0 aliphatic carbocycles. The molecule has 1 atom stereocenters. The van der Waals surface area contributed by atoms with E-state index in [0.29, 0.717) is 6.42 Å². The zero-order valence-corrected chi connectivity index (χ0v) is 12.0. The van der Waals surface area contributed by atoms with Crippen LogP contribution >= 0.6 is 22.7 Å². The van der Waals surface area contributed by atoms with Crippen LogP contribution in [-0.4, -0.2) is 5.11 Å². The molecule has 0 saturated heterocycles. The monoisotopic (exact) mass is 292 g/mol. The third-order valence-corrected chi connectivity index (χ3v) is 5.40. The van der Waals surface area contributed by atoms with Crippen molar-refractivity contribution in [3.8, 4) is 0 Å². The summed E-state index contributed by atoms with van der Waals surface area (Å²) < 4.78 is 15.5. The van der Waals surface area contributed by atoms with E-state index >= 15 is 0 Å². The molecule has 0 saturated carbocycles. The highest BCUT2D eigenvalue weighted by atomic mass is 32.1. The van der Waals surface area contributed by atoms with E-state index < -0.39 is 6.10 Å². The van der Waals surface area contributed by atoms with E-state index in [0.717, 1.165) is 16.0 Å². The van der Waals surface area contributed by atoms with Crippen LogP contribution < -0.4 is 0 Å². The summed E-state index contributed by atoms with van der Waals surface area (Å²) >= 11 is 3.31. The molecule has 19 heavy (non-hydrogen) atoms. The van der Waals surface area contributed by atoms with Crippen molar-refractivity contribution in [1.82, 2.24) is 0 Å². The van der Waals surface area contributed by atoms with Crippen LogP contribution in [0.15, 0.2) is 35.7 Å². The molecular formula is C15H13FOS2. The summed E-state index contributed by atoms with van der Waals surface area (Å²) in [4.78, 5) is 0.977. The molecule has 1 nitrogen and oxygen atoms in total. The van der Waals surface area contributed by atoms with E-state index in [1.165, 1.54) is 21.5 Å². The van der Waals surface area contributed by atoms with E-state index in [-0.39, 0.29) is 5.82 Å². The number of thiophene rings is 2. The SMILES string of the molecule is Cc1cc(F)ccc1CC(O)c1cc2sccc2s1. The molecule has 0 aliphatic rings. The fraction of sp³-hybridized carbons (Fsp3) is 0.200. The first-order chi connectivity index (χ1) is 9.13. The second-order valence-corrected chi connectivity index (χ2v) is 6.65. The van der Waals surface area contributed by atoms with Gasteiger partial charge in [0.15, 0.2) is 0 Å². The van der Waals surface area contributed by atoms with Gasteiger partial charge in [-0.3, -0.25) is 0 Å². The summed E-state index contributed by atoms with van der Waals surface area (Å²) in [6, 6.07) is 8.83. The van der Waals surface area contributed by atoms with Gasteiger partial charge < -0.3 is 5.11 Å². The van der Waals surface area contributed by atoms with Gasteiger partial charge in [-0.25, -0.2) is 4.39 Å². The molecule has 98 valence electrons. The van der Waals surface area contributed by atoms with Crippen molar-refractivity contribution in [3.63, 3.8) is 0 Å². The Balaban J connectivity index is 1.84. The Morgan fingerprint density at radius 3 is 2.79 bits per heavy atom. The average Bonchev–Trinajstić information content (AvgIpc) is 2.93. The van der Waals surface area contributed by atoms with Gasteiger partial charge in [0.1, 0.15) is 5.82 Å². The zero-order valence-electron chi connectivity index (χ0n) is 10.4. The van der Waals surface area contributed by atoms with Gasteiger partial charge >= 0.3 is 0 Å². The van der Waals surface area contributed by atoms with Crippen LogP contribution in [0, 0.1) is 12.7 Å². The maximum Gasteiger partial charge on any atom is 0.123 e. The van der Waals surface area contributed by atoms with Crippen molar-refractivity contribution in [3.05, 3.63) is 57.5 Å². The van der Waals surface area contributed by atoms with Crippen LogP contribution in [0.5, 0.6) is 0 Å². The lowest BCUT2D eigenvalue weighted by Crippen LogP contribution is -2.01. The van der Waals surface area contributed by atoms with Crippen molar-refractivity contribution < 1.29 is 9.50 Å². The maximum absolute atomic E-state index is 13.0. The maximum atomic E-state index is 13.0. The van der Waals surface area contributed by atoms with Gasteiger partial charge in [0.25, 0.3) is 0 Å². The molecule has 0 fully saturated rings. The highest BCUT2D eigenvalue weighted by Gasteiger charge is 2.14. The molecule has 0 bridgehead atoms. The van der Waals surface area contributed by atoms with Crippen LogP contribution in [0.4, 0.5) is 4.39 Å². The van der Waals surface area contributed by atoms with Crippen molar-refractivity contribution in [2.45, 2.75) is 19.4 Å². The standard InChI is InChI=1S/C15H13FOS2/c1-9-6-11(16)3-2-10(9)7-12(17)14-8-15-13(19-14)4-5-18-15/h2-6,8,12,17H,7H2,1H3. The predicted octanol–water partition coefficient (Wildman–Crippen LogP) is 4.69. The summed E-state index contributed by atoms with van der Waals surface area (Å²) in [5.41, 5.74) is 1.88. The van der Waals surface area contributed by atoms with Gasteiger partial charge in [-0.2, -0.15) is 0 Å². The smallest absolute Gasteiger partial charge is 0.123 e. The van der Waals surface area contributed by atoms with Crippen LogP contribution in [0.3, 0.4) is 0 Å². The molecule has 0 amide bonds. The van der Waals surface area contributed by atoms with Crippen molar-refractivity contribution in [1.29, 1.82) is 0 Å². The van der Waals surface area contributed by atoms with E-state index in [1.54, 1.807) is 28.7 Å². The van der Waals surface area contributed by atoms with E-state index in [9.17, 15) is 9.50 Å². The number of rotatable bonds is 3. The number of fused-ring (bicyclic) bond motifs is 1. The number of hydrogen-bond donors (Lipinski definition) is 1. The Bertz CT molecular complexity index is 685. The van der Waals surface area contributed by atoms with E-state index in [4.69, 9.17) is 0 Å². The molecule has 2 heterocycles. The molecule has 0 spiro atoms. The summed E-state index contributed by atoms with van der Waals surface area (Å²) in [6.45, 7) is 1.87. The molecule has 1 aromatic carbocycles. The number of hydrogen-bond acceptors (Lipinski definition) is 3. The van der Waals surface area contributed by atoms with Gasteiger partial charge in [0.2, 0.25) is 0 Å². The highest BCUT2D eigenvalue weighted by Crippen LogP contribution is 2.34. The number of halogens is 1. The van der Waals surface area contributed by atoms with Gasteiger partial charge in [0.05, 0.1) is 6.10 Å². The summed E-state index contributed by atoms with van der Waals surface area (Å²) in [6.07, 6.45) is 0.00800. The molecule has 3 rings (SSSR count). The quantitative estimate of drug-likeness (QED) is 0.742. The molecular weight excluding hydrogens is 279 g/mol. The third-order valence-electron chi connectivity index (χ3n) is 3.20. The lowest BCUT2D eigenvalue weighted by molar-refractivity contribution is 0.182. The van der Waals surface area contributed by atoms with Crippen LogP contribution in [-0.2, 0) is 6.42 Å². The topological polar surface area (TPSA) is 20.2 Å². The Morgan fingerprint density at radius 2 is 2.05 bits per heavy atom. The van der Waals surface area contributed by atoms with Crippen molar-refractivity contribution in [2.24, 2.45) is 0 Å². The molecule has 0 radical (unpaired) electrons. The first kappa shape index (κ1) is 12.8. The normalized spacial score (nSPS) is 13.0. The fourth-order valence-corrected chi connectivity index (χ4v) is 4.25. The second kappa shape index (κ2) is 5.04. The largest absolute Gasteiger partial charge is 0.387 e. The summed E-state index contributed by atoms with van der Waals surface area (Å²) in [5.74, 6) is -0.229. The fourth-order valence-electron chi connectivity index (χ4n) is 2.15. The molecule has 1 N–H and O–H groups in total. The van der Waals surface area contributed by atoms with E-state index in [1.807, 2.05) is 13.0 Å². The summed E-state index contributed by atoms with van der Waals surface area (Å²) in [7, 11) is 0. The minimum absolute atomic E-state index is 0.229. The lowest BCUT2D eigenvalue weighted by atomic mass is 10.0. The minimum atomic E-state index is -0.520. The highest BCUT2D eigenvalue weighted by molar-refractivity contribution is 7.26. The van der Waals surface area contributed by atoms with E-state index in [2.05, 4.69) is 11.4 Å². The Morgan fingerprint density at radius 1 is 1.21 bits per heavy atom. The molecule has 4 heteroatoms. The van der Waals surface area contributed by atoms with Gasteiger partial charge in [-0.15, -0.1) is 22.7 Å². The lowest BCUT2D eigenvalue weighted by Gasteiger charge is -2.11. The van der Waals surface area contributed by atoms with Crippen molar-refractivity contribution in [2.75, 3.05) is 0 Å². The second-order valence-electron chi connectivity index (χ2n) is 4.59. The van der Waals surface area contributed by atoms with Crippen LogP contribution in [0.1, 0.15) is 22.1 Å². The van der Waals surface area contributed by atoms with Crippen LogP contribution in [0.25, 0.3) is 9.40 Å². The number of aliphatic hydroxyl groups excluding tert-OH is 1. The number of benzene rings is 1. The molecule has 3 aromatic rings. The number of aryl methyl sites for hydroxylation is 1. The number of aliphatic hydroxyl groups is 1. The zero-order chi connectivity index (χ0) is 13.4. The first-order valence-corrected chi connectivity index (χ1v) is 7.73. The predicted molar refractivity (Wildman–Crippen MR) is 79.5 cm³/mol. The Kier molecular flexibility index (Phi) is 3.39. The molecule has 1 unspecified atom stereocenters. The summed E-state index contributed by atoms with van der Waals surface area (Å²) in [5, 5.41) is 12.4. The van der Waals surface area contributed by atoms with Gasteiger partial charge in [-0.05, 0) is 47.7 Å². The molecule has 2 aromatic heterocycles. The average molecular weight is 292 g/mol. The Labute approximate surface area is 119 Å².